The summed E-state index contributed by atoms with van der Waals surface area (Å²) in [5.74, 6) is -0.884. The number of rotatable bonds is 3. The maximum atomic E-state index is 13.4. The van der Waals surface area contributed by atoms with Crippen molar-refractivity contribution < 1.29 is 18.7 Å². The molecule has 1 saturated heterocycles. The van der Waals surface area contributed by atoms with Crippen molar-refractivity contribution in [2.75, 3.05) is 18.6 Å². The van der Waals surface area contributed by atoms with Crippen molar-refractivity contribution in [3.63, 3.8) is 0 Å². The van der Waals surface area contributed by atoms with Gasteiger partial charge in [-0.25, -0.2) is 4.39 Å². The normalized spacial score (nSPS) is 19.3. The van der Waals surface area contributed by atoms with Crippen LogP contribution in [0.4, 0.5) is 10.1 Å². The fourth-order valence-corrected chi connectivity index (χ4v) is 2.15. The zero-order valence-corrected chi connectivity index (χ0v) is 10.8. The Morgan fingerprint density at radius 3 is 2.84 bits per heavy atom. The molecule has 0 saturated carbocycles. The van der Waals surface area contributed by atoms with Gasteiger partial charge in [0.05, 0.1) is 13.7 Å². The first-order valence-corrected chi connectivity index (χ1v) is 6.01. The maximum Gasteiger partial charge on any atom is 0.247 e. The molecule has 1 heterocycles. The number of hydrogen-bond acceptors (Lipinski definition) is 3. The average Bonchev–Trinajstić information content (AvgIpc) is 2.42. The summed E-state index contributed by atoms with van der Waals surface area (Å²) in [5.41, 5.74) is 0.463. The van der Waals surface area contributed by atoms with Crippen LogP contribution >= 0.6 is 0 Å². The lowest BCUT2D eigenvalue weighted by Crippen LogP contribution is -2.58. The van der Waals surface area contributed by atoms with Gasteiger partial charge in [-0.05, 0) is 18.6 Å². The second-order valence-electron chi connectivity index (χ2n) is 4.22. The highest BCUT2D eigenvalue weighted by molar-refractivity contribution is 6.06. The van der Waals surface area contributed by atoms with Gasteiger partial charge in [-0.1, -0.05) is 6.92 Å². The standard InChI is InChI=1S/C13H15FN2O3/c1-3-10-13(18)15-7-12(17)16(10)8-4-5-9(14)11(6-8)19-2/h4-6,10H,3,7H2,1-2H3,(H,15,18). The highest BCUT2D eigenvalue weighted by Gasteiger charge is 2.34. The van der Waals surface area contributed by atoms with Crippen molar-refractivity contribution in [3.05, 3.63) is 24.0 Å². The van der Waals surface area contributed by atoms with Crippen LogP contribution in [0.1, 0.15) is 13.3 Å². The lowest BCUT2D eigenvalue weighted by Gasteiger charge is -2.34. The molecule has 6 heteroatoms. The molecule has 0 spiro atoms. The Kier molecular flexibility index (Phi) is 3.69. The first kappa shape index (κ1) is 13.3. The first-order chi connectivity index (χ1) is 9.08. The van der Waals surface area contributed by atoms with E-state index in [0.29, 0.717) is 12.1 Å². The molecule has 1 aromatic rings. The molecule has 2 amide bonds. The number of carbonyl (C=O) groups is 2. The van der Waals surface area contributed by atoms with Crippen LogP contribution < -0.4 is 15.0 Å². The zero-order chi connectivity index (χ0) is 14.0. The van der Waals surface area contributed by atoms with Gasteiger partial charge in [0, 0.05) is 11.8 Å². The van der Waals surface area contributed by atoms with E-state index in [-0.39, 0.29) is 24.1 Å². The van der Waals surface area contributed by atoms with E-state index in [2.05, 4.69) is 5.32 Å². The number of nitrogens with zero attached hydrogens (tertiary/aromatic N) is 1. The van der Waals surface area contributed by atoms with E-state index in [1.54, 1.807) is 0 Å². The van der Waals surface area contributed by atoms with Crippen molar-refractivity contribution in [1.82, 2.24) is 5.32 Å². The summed E-state index contributed by atoms with van der Waals surface area (Å²) in [6.45, 7) is 1.77. The third-order valence-electron chi connectivity index (χ3n) is 3.10. The van der Waals surface area contributed by atoms with E-state index in [4.69, 9.17) is 4.74 Å². The number of piperazine rings is 1. The van der Waals surface area contributed by atoms with Gasteiger partial charge in [-0.2, -0.15) is 0 Å². The van der Waals surface area contributed by atoms with Crippen LogP contribution in [0.25, 0.3) is 0 Å². The molecule has 1 fully saturated rings. The third kappa shape index (κ3) is 2.38. The van der Waals surface area contributed by atoms with Crippen molar-refractivity contribution >= 4 is 17.5 Å². The first-order valence-electron chi connectivity index (χ1n) is 6.01. The number of hydrogen-bond donors (Lipinski definition) is 1. The topological polar surface area (TPSA) is 58.6 Å². The summed E-state index contributed by atoms with van der Waals surface area (Å²) >= 11 is 0. The predicted molar refractivity (Wildman–Crippen MR) is 67.5 cm³/mol. The average molecular weight is 266 g/mol. The van der Waals surface area contributed by atoms with Crippen LogP contribution in [0.3, 0.4) is 0 Å². The lowest BCUT2D eigenvalue weighted by molar-refractivity contribution is -0.131. The monoisotopic (exact) mass is 266 g/mol. The van der Waals surface area contributed by atoms with Crippen molar-refractivity contribution in [2.45, 2.75) is 19.4 Å². The molecule has 0 bridgehead atoms. The number of anilines is 1. The maximum absolute atomic E-state index is 13.4. The van der Waals surface area contributed by atoms with Gasteiger partial charge in [-0.3, -0.25) is 14.5 Å². The number of methoxy groups -OCH3 is 1. The number of amides is 2. The van der Waals surface area contributed by atoms with Gasteiger partial charge in [0.15, 0.2) is 11.6 Å². The fourth-order valence-electron chi connectivity index (χ4n) is 2.15. The Balaban J connectivity index is 2.42. The van der Waals surface area contributed by atoms with E-state index in [1.165, 1.54) is 30.2 Å². The second-order valence-corrected chi connectivity index (χ2v) is 4.22. The van der Waals surface area contributed by atoms with E-state index >= 15 is 0 Å². The van der Waals surface area contributed by atoms with Crippen LogP contribution in [0.5, 0.6) is 5.75 Å². The van der Waals surface area contributed by atoms with Gasteiger partial charge in [0.1, 0.15) is 6.04 Å². The predicted octanol–water partition coefficient (Wildman–Crippen LogP) is 1.08. The second kappa shape index (κ2) is 5.26. The molecule has 2 rings (SSSR count). The quantitative estimate of drug-likeness (QED) is 0.890. The van der Waals surface area contributed by atoms with Crippen LogP contribution in [0.2, 0.25) is 0 Å². The number of benzene rings is 1. The highest BCUT2D eigenvalue weighted by atomic mass is 19.1. The minimum absolute atomic E-state index is 0.0466. The minimum atomic E-state index is -0.573. The summed E-state index contributed by atoms with van der Waals surface area (Å²) in [4.78, 5) is 25.1. The molecule has 1 aromatic carbocycles. The van der Waals surface area contributed by atoms with E-state index < -0.39 is 11.9 Å². The molecule has 1 aliphatic heterocycles. The Morgan fingerprint density at radius 1 is 1.47 bits per heavy atom. The summed E-state index contributed by atoms with van der Waals surface area (Å²) in [6.07, 6.45) is 0.483. The minimum Gasteiger partial charge on any atom is -0.494 e. The summed E-state index contributed by atoms with van der Waals surface area (Å²) < 4.78 is 18.3. The van der Waals surface area contributed by atoms with Crippen LogP contribution in [-0.4, -0.2) is 31.5 Å². The number of ether oxygens (including phenoxy) is 1. The molecule has 5 nitrogen and oxygen atoms in total. The Bertz CT molecular complexity index is 519. The van der Waals surface area contributed by atoms with Gasteiger partial charge < -0.3 is 10.1 Å². The lowest BCUT2D eigenvalue weighted by atomic mass is 10.1. The molecule has 1 aliphatic rings. The Hall–Kier alpha value is -2.11. The number of nitrogens with one attached hydrogen (secondary N) is 1. The highest BCUT2D eigenvalue weighted by Crippen LogP contribution is 2.27. The van der Waals surface area contributed by atoms with Gasteiger partial charge in [0.25, 0.3) is 0 Å². The molecular weight excluding hydrogens is 251 g/mol. The molecule has 19 heavy (non-hydrogen) atoms. The SMILES string of the molecule is CCC1C(=O)NCC(=O)N1c1ccc(F)c(OC)c1. The van der Waals surface area contributed by atoms with Crippen LogP contribution in [0, 0.1) is 5.82 Å². The molecular formula is C13H15FN2O3. The van der Waals surface area contributed by atoms with Crippen molar-refractivity contribution in [3.8, 4) is 5.75 Å². The molecule has 102 valence electrons. The molecule has 1 N–H and O–H groups in total. The number of carbonyl (C=O) groups excluding carboxylic acids is 2. The van der Waals surface area contributed by atoms with Crippen LogP contribution in [-0.2, 0) is 9.59 Å². The summed E-state index contributed by atoms with van der Waals surface area (Å²) in [6, 6.07) is 3.54. The van der Waals surface area contributed by atoms with Gasteiger partial charge >= 0.3 is 0 Å². The zero-order valence-electron chi connectivity index (χ0n) is 10.8. The van der Waals surface area contributed by atoms with Crippen molar-refractivity contribution in [2.24, 2.45) is 0 Å². The van der Waals surface area contributed by atoms with E-state index in [1.807, 2.05) is 6.92 Å². The Labute approximate surface area is 110 Å². The van der Waals surface area contributed by atoms with Crippen molar-refractivity contribution in [1.29, 1.82) is 0 Å². The summed E-state index contributed by atoms with van der Waals surface area (Å²) in [7, 11) is 1.35. The largest absolute Gasteiger partial charge is 0.494 e. The molecule has 1 unspecified atom stereocenters. The molecule has 0 aliphatic carbocycles. The van der Waals surface area contributed by atoms with Crippen LogP contribution in [0.15, 0.2) is 18.2 Å². The smallest absolute Gasteiger partial charge is 0.247 e. The van der Waals surface area contributed by atoms with E-state index in [0.717, 1.165) is 0 Å². The van der Waals surface area contributed by atoms with Gasteiger partial charge in [0.2, 0.25) is 11.8 Å². The third-order valence-corrected chi connectivity index (χ3v) is 3.10. The summed E-state index contributed by atoms with van der Waals surface area (Å²) in [5, 5.41) is 2.54. The molecule has 0 radical (unpaired) electrons. The number of halogens is 1. The van der Waals surface area contributed by atoms with E-state index in [9.17, 15) is 14.0 Å². The van der Waals surface area contributed by atoms with Gasteiger partial charge in [-0.15, -0.1) is 0 Å². The molecule has 0 aromatic heterocycles. The Morgan fingerprint density at radius 2 is 2.21 bits per heavy atom. The molecule has 1 atom stereocenters. The fraction of sp³-hybridized carbons (Fsp3) is 0.385.